The number of rotatable bonds is 3. The van der Waals surface area contributed by atoms with Gasteiger partial charge in [-0.3, -0.25) is 9.88 Å². The summed E-state index contributed by atoms with van der Waals surface area (Å²) in [6.07, 6.45) is 3.05. The summed E-state index contributed by atoms with van der Waals surface area (Å²) in [5, 5.41) is 0. The van der Waals surface area contributed by atoms with Crippen LogP contribution in [-0.4, -0.2) is 47.0 Å². The van der Waals surface area contributed by atoms with Crippen LogP contribution in [0.1, 0.15) is 32.0 Å². The minimum absolute atomic E-state index is 0.246. The molecule has 0 radical (unpaired) electrons. The molecule has 3 nitrogen and oxygen atoms in total. The fourth-order valence-corrected chi connectivity index (χ4v) is 2.70. The number of aryl methyl sites for hydroxylation is 1. The van der Waals surface area contributed by atoms with E-state index in [2.05, 4.69) is 54.7 Å². The molecule has 1 aromatic heterocycles. The van der Waals surface area contributed by atoms with Crippen LogP contribution in [0.4, 0.5) is 0 Å². The van der Waals surface area contributed by atoms with Gasteiger partial charge in [0.15, 0.2) is 0 Å². The van der Waals surface area contributed by atoms with E-state index < -0.39 is 0 Å². The molecule has 1 aliphatic rings. The van der Waals surface area contributed by atoms with Gasteiger partial charge in [-0.1, -0.05) is 13.0 Å². The van der Waals surface area contributed by atoms with Crippen molar-refractivity contribution in [3.63, 3.8) is 0 Å². The highest BCUT2D eigenvalue weighted by atomic mass is 15.3. The molecule has 0 aromatic carbocycles. The summed E-state index contributed by atoms with van der Waals surface area (Å²) in [6, 6.07) is 4.37. The van der Waals surface area contributed by atoms with Crippen molar-refractivity contribution < 1.29 is 0 Å². The minimum Gasteiger partial charge on any atom is -0.303 e. The fourth-order valence-electron chi connectivity index (χ4n) is 2.70. The van der Waals surface area contributed by atoms with E-state index in [-0.39, 0.29) is 5.54 Å². The zero-order chi connectivity index (χ0) is 13.2. The minimum atomic E-state index is 0.246. The second-order valence-electron chi connectivity index (χ2n) is 5.98. The van der Waals surface area contributed by atoms with Crippen LogP contribution >= 0.6 is 0 Å². The van der Waals surface area contributed by atoms with Crippen molar-refractivity contribution in [1.82, 2.24) is 14.8 Å². The maximum Gasteiger partial charge on any atom is 0.0401 e. The van der Waals surface area contributed by atoms with Crippen molar-refractivity contribution >= 4 is 0 Å². The Labute approximate surface area is 111 Å². The lowest BCUT2D eigenvalue weighted by atomic mass is 9.98. The van der Waals surface area contributed by atoms with Crippen molar-refractivity contribution in [3.05, 3.63) is 29.6 Å². The summed E-state index contributed by atoms with van der Waals surface area (Å²) in [5.74, 6) is 0. The van der Waals surface area contributed by atoms with E-state index in [9.17, 15) is 0 Å². The molecule has 1 saturated heterocycles. The molecule has 0 unspecified atom stereocenters. The Morgan fingerprint density at radius 3 is 2.61 bits per heavy atom. The molecule has 2 heterocycles. The number of aromatic nitrogens is 1. The Bertz CT molecular complexity index is 383. The molecule has 0 aliphatic carbocycles. The van der Waals surface area contributed by atoms with Crippen molar-refractivity contribution in [1.29, 1.82) is 0 Å². The summed E-state index contributed by atoms with van der Waals surface area (Å²) < 4.78 is 0. The Morgan fingerprint density at radius 2 is 2.06 bits per heavy atom. The second-order valence-corrected chi connectivity index (χ2v) is 5.98. The van der Waals surface area contributed by atoms with E-state index in [4.69, 9.17) is 0 Å². The Hall–Kier alpha value is -0.930. The number of hydrogen-bond donors (Lipinski definition) is 0. The van der Waals surface area contributed by atoms with Crippen molar-refractivity contribution in [2.24, 2.45) is 0 Å². The lowest BCUT2D eigenvalue weighted by molar-refractivity contribution is 0.0253. The van der Waals surface area contributed by atoms with Crippen molar-refractivity contribution in [3.8, 4) is 0 Å². The predicted octanol–water partition coefficient (Wildman–Crippen LogP) is 2.17. The molecule has 3 heteroatoms. The molecule has 1 aliphatic heterocycles. The fraction of sp³-hybridized carbons (Fsp3) is 0.667. The molecule has 0 atom stereocenters. The highest BCUT2D eigenvalue weighted by Gasteiger charge is 2.31. The van der Waals surface area contributed by atoms with Gasteiger partial charge in [-0.2, -0.15) is 0 Å². The number of hydrogen-bond acceptors (Lipinski definition) is 3. The van der Waals surface area contributed by atoms with E-state index in [1.807, 2.05) is 6.20 Å². The van der Waals surface area contributed by atoms with Gasteiger partial charge >= 0.3 is 0 Å². The molecule has 0 N–H and O–H groups in total. The molecule has 1 aromatic rings. The van der Waals surface area contributed by atoms with Crippen LogP contribution < -0.4 is 0 Å². The van der Waals surface area contributed by atoms with Gasteiger partial charge in [-0.15, -0.1) is 0 Å². The van der Waals surface area contributed by atoms with Gasteiger partial charge in [0, 0.05) is 43.6 Å². The van der Waals surface area contributed by atoms with Gasteiger partial charge < -0.3 is 4.90 Å². The number of likely N-dealkylation sites (N-methyl/N-ethyl adjacent to an activating group) is 1. The van der Waals surface area contributed by atoms with Crippen LogP contribution in [0.5, 0.6) is 0 Å². The Morgan fingerprint density at radius 1 is 1.28 bits per heavy atom. The summed E-state index contributed by atoms with van der Waals surface area (Å²) in [5.41, 5.74) is 2.75. The van der Waals surface area contributed by atoms with Crippen LogP contribution in [0.2, 0.25) is 0 Å². The van der Waals surface area contributed by atoms with Crippen LogP contribution in [-0.2, 0) is 13.0 Å². The molecule has 2 rings (SSSR count). The van der Waals surface area contributed by atoms with Crippen LogP contribution in [0.25, 0.3) is 0 Å². The molecule has 0 amide bonds. The number of pyridine rings is 1. The van der Waals surface area contributed by atoms with E-state index in [1.54, 1.807) is 0 Å². The third kappa shape index (κ3) is 3.09. The van der Waals surface area contributed by atoms with Crippen LogP contribution in [0, 0.1) is 0 Å². The van der Waals surface area contributed by atoms with Crippen LogP contribution in [0.3, 0.4) is 0 Å². The highest BCUT2D eigenvalue weighted by molar-refractivity contribution is 5.14. The first-order valence-corrected chi connectivity index (χ1v) is 6.88. The SMILES string of the molecule is CCc1ccc(CN2CCN(C)CC2(C)C)cn1. The molecule has 100 valence electrons. The summed E-state index contributed by atoms with van der Waals surface area (Å²) in [6.45, 7) is 11.2. The maximum absolute atomic E-state index is 4.49. The van der Waals surface area contributed by atoms with Gasteiger partial charge in [0.05, 0.1) is 0 Å². The van der Waals surface area contributed by atoms with Gasteiger partial charge in [0.25, 0.3) is 0 Å². The first-order valence-electron chi connectivity index (χ1n) is 6.88. The first kappa shape index (κ1) is 13.5. The largest absolute Gasteiger partial charge is 0.303 e. The molecule has 18 heavy (non-hydrogen) atoms. The third-order valence-corrected chi connectivity index (χ3v) is 3.89. The van der Waals surface area contributed by atoms with Gasteiger partial charge in [0.2, 0.25) is 0 Å². The zero-order valence-corrected chi connectivity index (χ0v) is 12.1. The maximum atomic E-state index is 4.49. The van der Waals surface area contributed by atoms with E-state index in [1.165, 1.54) is 11.3 Å². The zero-order valence-electron chi connectivity index (χ0n) is 12.1. The molecular weight excluding hydrogens is 222 g/mol. The third-order valence-electron chi connectivity index (χ3n) is 3.89. The van der Waals surface area contributed by atoms with Crippen molar-refractivity contribution in [2.45, 2.75) is 39.3 Å². The van der Waals surface area contributed by atoms with E-state index in [0.717, 1.165) is 32.6 Å². The number of piperazine rings is 1. The molecular formula is C15H25N3. The second kappa shape index (κ2) is 5.37. The molecule has 1 fully saturated rings. The highest BCUT2D eigenvalue weighted by Crippen LogP contribution is 2.22. The number of nitrogens with zero attached hydrogens (tertiary/aromatic N) is 3. The Kier molecular flexibility index (Phi) is 4.03. The first-order chi connectivity index (χ1) is 8.51. The Balaban J connectivity index is 2.03. The monoisotopic (exact) mass is 247 g/mol. The van der Waals surface area contributed by atoms with E-state index in [0.29, 0.717) is 0 Å². The quantitative estimate of drug-likeness (QED) is 0.816. The normalized spacial score (nSPS) is 21.1. The molecule has 0 bridgehead atoms. The van der Waals surface area contributed by atoms with Gasteiger partial charge in [-0.25, -0.2) is 0 Å². The lowest BCUT2D eigenvalue weighted by Crippen LogP contribution is -2.57. The average Bonchev–Trinajstić information content (AvgIpc) is 2.33. The molecule has 0 spiro atoms. The summed E-state index contributed by atoms with van der Waals surface area (Å²) in [4.78, 5) is 9.47. The average molecular weight is 247 g/mol. The van der Waals surface area contributed by atoms with Crippen LogP contribution in [0.15, 0.2) is 18.3 Å². The topological polar surface area (TPSA) is 19.4 Å². The van der Waals surface area contributed by atoms with Gasteiger partial charge in [0.1, 0.15) is 0 Å². The molecule has 0 saturated carbocycles. The smallest absolute Gasteiger partial charge is 0.0401 e. The van der Waals surface area contributed by atoms with Crippen molar-refractivity contribution in [2.75, 3.05) is 26.7 Å². The summed E-state index contributed by atoms with van der Waals surface area (Å²) >= 11 is 0. The lowest BCUT2D eigenvalue weighted by Gasteiger charge is -2.46. The van der Waals surface area contributed by atoms with E-state index >= 15 is 0 Å². The predicted molar refractivity (Wildman–Crippen MR) is 75.6 cm³/mol. The van der Waals surface area contributed by atoms with Gasteiger partial charge in [-0.05, 0) is 38.9 Å². The standard InChI is InChI=1S/C15H25N3/c1-5-14-7-6-13(10-16-14)11-18-9-8-17(4)12-15(18,2)3/h6-7,10H,5,8-9,11-12H2,1-4H3. The summed E-state index contributed by atoms with van der Waals surface area (Å²) in [7, 11) is 2.21.